The predicted octanol–water partition coefficient (Wildman–Crippen LogP) is 4.49. The lowest BCUT2D eigenvalue weighted by atomic mass is 10.1. The van der Waals surface area contributed by atoms with Crippen molar-refractivity contribution in [1.82, 2.24) is 4.98 Å². The van der Waals surface area contributed by atoms with Gasteiger partial charge in [-0.2, -0.15) is 13.2 Å². The van der Waals surface area contributed by atoms with Gasteiger partial charge in [0, 0.05) is 42.3 Å². The van der Waals surface area contributed by atoms with Crippen molar-refractivity contribution in [2.45, 2.75) is 32.0 Å². The van der Waals surface area contributed by atoms with Crippen LogP contribution in [0.15, 0.2) is 48.5 Å². The summed E-state index contributed by atoms with van der Waals surface area (Å²) < 4.78 is 39.3. The van der Waals surface area contributed by atoms with Crippen molar-refractivity contribution in [2.75, 3.05) is 23.8 Å². The first kappa shape index (κ1) is 24.7. The van der Waals surface area contributed by atoms with Crippen LogP contribution in [0.1, 0.15) is 38.5 Å². The number of aliphatic hydroxyl groups excluding tert-OH is 2. The number of benzene rings is 2. The molecule has 1 amide bonds. The lowest BCUT2D eigenvalue weighted by Gasteiger charge is -2.14. The molecule has 2 aromatic carbocycles. The van der Waals surface area contributed by atoms with Crippen LogP contribution < -0.4 is 10.6 Å². The molecule has 33 heavy (non-hydrogen) atoms. The minimum atomic E-state index is -4.45. The van der Waals surface area contributed by atoms with Crippen LogP contribution in [0.5, 0.6) is 0 Å². The zero-order chi connectivity index (χ0) is 23.8. The molecular weight excluding hydrogens is 455 g/mol. The highest BCUT2D eigenvalue weighted by Crippen LogP contribution is 2.34. The molecule has 1 heterocycles. The number of aliphatic hydroxyl groups is 2. The van der Waals surface area contributed by atoms with Crippen LogP contribution in [0.2, 0.25) is 0 Å². The molecule has 0 radical (unpaired) electrons. The maximum atomic E-state index is 13.1. The van der Waals surface area contributed by atoms with E-state index in [1.54, 1.807) is 24.3 Å². The molecular formula is C23H24F3N3O3S. The summed E-state index contributed by atoms with van der Waals surface area (Å²) in [6.45, 7) is 0.158. The number of carbonyl (C=O) groups excluding carboxylic acids is 1. The van der Waals surface area contributed by atoms with Gasteiger partial charge in [0.1, 0.15) is 0 Å². The van der Waals surface area contributed by atoms with E-state index in [9.17, 15) is 23.1 Å². The van der Waals surface area contributed by atoms with Gasteiger partial charge >= 0.3 is 6.18 Å². The molecule has 0 atom stereocenters. The number of hydrogen-bond donors (Lipinski definition) is 4. The van der Waals surface area contributed by atoms with E-state index in [2.05, 4.69) is 15.6 Å². The van der Waals surface area contributed by atoms with Crippen molar-refractivity contribution >= 4 is 28.1 Å². The van der Waals surface area contributed by atoms with Crippen LogP contribution >= 0.6 is 11.3 Å². The lowest BCUT2D eigenvalue weighted by molar-refractivity contribution is -0.137. The monoisotopic (exact) mass is 479 g/mol. The number of aryl methyl sites for hydroxylation is 1. The fourth-order valence-corrected chi connectivity index (χ4v) is 4.19. The molecule has 0 aliphatic heterocycles. The number of para-hydroxylation sites is 1. The number of thiazole rings is 1. The Balaban J connectivity index is 1.63. The number of halogens is 3. The third-order valence-electron chi connectivity index (χ3n) is 4.84. The molecule has 4 N–H and O–H groups in total. The average Bonchev–Trinajstić information content (AvgIpc) is 3.17. The normalized spacial score (nSPS) is 11.4. The van der Waals surface area contributed by atoms with E-state index in [4.69, 9.17) is 5.11 Å². The molecule has 0 saturated heterocycles. The van der Waals surface area contributed by atoms with E-state index in [0.717, 1.165) is 16.6 Å². The summed E-state index contributed by atoms with van der Waals surface area (Å²) in [7, 11) is 0. The summed E-state index contributed by atoms with van der Waals surface area (Å²) >= 11 is 1.28. The van der Waals surface area contributed by atoms with E-state index in [-0.39, 0.29) is 31.4 Å². The zero-order valence-electron chi connectivity index (χ0n) is 17.7. The van der Waals surface area contributed by atoms with Crippen molar-refractivity contribution in [2.24, 2.45) is 0 Å². The molecule has 176 valence electrons. The number of amides is 1. The molecule has 6 nitrogen and oxygen atoms in total. The van der Waals surface area contributed by atoms with Crippen molar-refractivity contribution in [3.05, 3.63) is 75.8 Å². The van der Waals surface area contributed by atoms with Crippen molar-refractivity contribution < 1.29 is 28.2 Å². The fraction of sp³-hybridized carbons (Fsp3) is 0.304. The van der Waals surface area contributed by atoms with E-state index in [1.165, 1.54) is 29.5 Å². The number of rotatable bonds is 10. The van der Waals surface area contributed by atoms with Gasteiger partial charge in [-0.05, 0) is 42.7 Å². The van der Waals surface area contributed by atoms with Gasteiger partial charge in [-0.15, -0.1) is 11.3 Å². The summed E-state index contributed by atoms with van der Waals surface area (Å²) in [6, 6.07) is 11.8. The molecule has 3 aromatic rings. The first-order chi connectivity index (χ1) is 15.8. The number of nitrogens with zero attached hydrogens (tertiary/aromatic N) is 1. The Morgan fingerprint density at radius 3 is 2.39 bits per heavy atom. The van der Waals surface area contributed by atoms with Crippen LogP contribution in [0.4, 0.5) is 24.0 Å². The van der Waals surface area contributed by atoms with E-state index in [1.807, 2.05) is 0 Å². The molecule has 0 aliphatic carbocycles. The third-order valence-corrected chi connectivity index (χ3v) is 5.91. The number of carbonyl (C=O) groups is 1. The maximum absolute atomic E-state index is 13.1. The molecule has 0 bridgehead atoms. The Labute approximate surface area is 193 Å². The topological polar surface area (TPSA) is 94.5 Å². The largest absolute Gasteiger partial charge is 0.418 e. The molecule has 0 fully saturated rings. The summed E-state index contributed by atoms with van der Waals surface area (Å²) in [5.41, 5.74) is 1.10. The minimum absolute atomic E-state index is 0.00808. The smallest absolute Gasteiger partial charge is 0.396 e. The highest BCUT2D eigenvalue weighted by Gasteiger charge is 2.33. The van der Waals surface area contributed by atoms with Gasteiger partial charge in [0.25, 0.3) is 5.91 Å². The van der Waals surface area contributed by atoms with E-state index >= 15 is 0 Å². The molecule has 10 heteroatoms. The highest BCUT2D eigenvalue weighted by molar-refractivity contribution is 7.15. The molecule has 1 aromatic heterocycles. The quantitative estimate of drug-likeness (QED) is 0.344. The lowest BCUT2D eigenvalue weighted by Crippen LogP contribution is -2.12. The number of hydrogen-bond acceptors (Lipinski definition) is 6. The van der Waals surface area contributed by atoms with Crippen molar-refractivity contribution in [1.29, 1.82) is 0 Å². The van der Waals surface area contributed by atoms with Gasteiger partial charge in [0.2, 0.25) is 0 Å². The van der Waals surface area contributed by atoms with Gasteiger partial charge in [-0.25, -0.2) is 4.98 Å². The van der Waals surface area contributed by atoms with Crippen molar-refractivity contribution in [3.8, 4) is 0 Å². The van der Waals surface area contributed by atoms with Crippen LogP contribution in [0, 0.1) is 0 Å². The van der Waals surface area contributed by atoms with Gasteiger partial charge < -0.3 is 15.5 Å². The molecule has 0 saturated carbocycles. The standard InChI is InChI=1S/C23H24F3N3O3S/c24-23(25,26)17-4-1-2-5-18(17)27-14-15-7-9-16(10-8-15)21(32)29-22-28-19(6-3-12-30)20(33-22)11-13-31/h1-2,4-5,7-10,27,30-31H,3,6,11-14H2,(H,28,29,32). The van der Waals surface area contributed by atoms with Gasteiger partial charge in [0.15, 0.2) is 5.13 Å². The summed E-state index contributed by atoms with van der Waals surface area (Å²) in [5.74, 6) is -0.366. The third kappa shape index (κ3) is 6.77. The summed E-state index contributed by atoms with van der Waals surface area (Å²) in [5, 5.41) is 24.2. The maximum Gasteiger partial charge on any atom is 0.418 e. The van der Waals surface area contributed by atoms with Crippen LogP contribution in [-0.4, -0.2) is 34.3 Å². The fourth-order valence-electron chi connectivity index (χ4n) is 3.20. The Morgan fingerprint density at radius 1 is 1.00 bits per heavy atom. The number of nitrogens with one attached hydrogen (secondary N) is 2. The first-order valence-electron chi connectivity index (χ1n) is 10.3. The average molecular weight is 480 g/mol. The Morgan fingerprint density at radius 2 is 1.73 bits per heavy atom. The van der Waals surface area contributed by atoms with Crippen molar-refractivity contribution in [3.63, 3.8) is 0 Å². The highest BCUT2D eigenvalue weighted by atomic mass is 32.1. The SMILES string of the molecule is O=C(Nc1nc(CCCO)c(CCO)s1)c1ccc(CNc2ccccc2C(F)(F)F)cc1. The first-order valence-corrected chi connectivity index (χ1v) is 11.1. The predicted molar refractivity (Wildman–Crippen MR) is 121 cm³/mol. The number of anilines is 2. The zero-order valence-corrected chi connectivity index (χ0v) is 18.5. The Kier molecular flexibility index (Phi) is 8.43. The Bertz CT molecular complexity index is 1070. The number of alkyl halides is 3. The molecule has 0 aliphatic rings. The summed E-state index contributed by atoms with van der Waals surface area (Å²) in [6.07, 6.45) is -2.93. The van der Waals surface area contributed by atoms with Gasteiger partial charge in [-0.1, -0.05) is 24.3 Å². The molecule has 0 spiro atoms. The second-order valence-electron chi connectivity index (χ2n) is 7.24. The Hall–Kier alpha value is -2.95. The van der Waals surface area contributed by atoms with Gasteiger partial charge in [0.05, 0.1) is 11.3 Å². The second kappa shape index (κ2) is 11.3. The second-order valence-corrected chi connectivity index (χ2v) is 8.32. The van der Waals surface area contributed by atoms with E-state index < -0.39 is 11.7 Å². The number of aromatic nitrogens is 1. The van der Waals surface area contributed by atoms with Crippen LogP contribution in [0.25, 0.3) is 0 Å². The molecule has 3 rings (SSSR count). The minimum Gasteiger partial charge on any atom is -0.396 e. The van der Waals surface area contributed by atoms with Gasteiger partial charge in [-0.3, -0.25) is 10.1 Å². The summed E-state index contributed by atoms with van der Waals surface area (Å²) in [4.78, 5) is 17.8. The van der Waals surface area contributed by atoms with Crippen LogP contribution in [-0.2, 0) is 25.6 Å². The molecule has 0 unspecified atom stereocenters. The van der Waals surface area contributed by atoms with Crippen LogP contribution in [0.3, 0.4) is 0 Å². The van der Waals surface area contributed by atoms with E-state index in [0.29, 0.717) is 35.5 Å².